The van der Waals surface area contributed by atoms with Crippen molar-refractivity contribution in [1.29, 1.82) is 0 Å². The van der Waals surface area contributed by atoms with Crippen molar-refractivity contribution in [3.63, 3.8) is 0 Å². The second-order valence-corrected chi connectivity index (χ2v) is 16.6. The van der Waals surface area contributed by atoms with Crippen LogP contribution in [0.1, 0.15) is 75.6 Å². The number of aromatic nitrogens is 2. The molecule has 240 valence electrons. The van der Waals surface area contributed by atoms with E-state index in [4.69, 9.17) is 24.0 Å². The van der Waals surface area contributed by atoms with Gasteiger partial charge in [-0.15, -0.1) is 0 Å². The fraction of sp³-hybridized carbons (Fsp3) is 0.735. The van der Waals surface area contributed by atoms with E-state index in [0.29, 0.717) is 35.2 Å². The van der Waals surface area contributed by atoms with E-state index in [1.165, 1.54) is 0 Å². The van der Waals surface area contributed by atoms with Crippen molar-refractivity contribution in [2.24, 2.45) is 34.5 Å². The van der Waals surface area contributed by atoms with Crippen LogP contribution in [0.3, 0.4) is 0 Å². The molecule has 6 aliphatic rings. The number of aryl methyl sites for hydroxylation is 1. The number of rotatable bonds is 4. The summed E-state index contributed by atoms with van der Waals surface area (Å²) in [6.07, 6.45) is 4.69. The van der Waals surface area contributed by atoms with Gasteiger partial charge in [-0.05, 0) is 88.2 Å². The quantitative estimate of drug-likeness (QED) is 0.203. The minimum atomic E-state index is -1.85. The molecule has 44 heavy (non-hydrogen) atoms. The molecule has 2 saturated carbocycles. The highest BCUT2D eigenvalue weighted by Gasteiger charge is 2.78. The first-order valence-corrected chi connectivity index (χ1v) is 17.3. The monoisotopic (exact) mass is 720 g/mol. The third kappa shape index (κ3) is 4.26. The molecule has 9 nitrogen and oxygen atoms in total. The number of Topliss-reactive ketones (excluding diaryl/α,β-unsaturated/α-hetero) is 1. The van der Waals surface area contributed by atoms with Crippen LogP contribution in [0, 0.1) is 48.3 Å². The Labute approximate surface area is 273 Å². The number of allylic oxidation sites excluding steroid dienone is 1. The highest BCUT2D eigenvalue weighted by molar-refractivity contribution is 14.1. The van der Waals surface area contributed by atoms with E-state index < -0.39 is 35.0 Å². The van der Waals surface area contributed by atoms with E-state index in [0.717, 1.165) is 43.7 Å². The molecule has 1 N–H and O–H groups in total. The average molecular weight is 721 g/mol. The second-order valence-electron chi connectivity index (χ2n) is 15.1. The topological polar surface area (TPSA) is 109 Å². The van der Waals surface area contributed by atoms with Crippen LogP contribution < -0.4 is 0 Å². The largest absolute Gasteiger partial charge is 0.451 e. The summed E-state index contributed by atoms with van der Waals surface area (Å²) in [5.74, 6) is -0.950. The lowest BCUT2D eigenvalue weighted by Crippen LogP contribution is -2.69. The number of hydrogen-bond donors (Lipinski definition) is 1. The maximum atomic E-state index is 14.9. The van der Waals surface area contributed by atoms with Crippen LogP contribution in [0.5, 0.6) is 0 Å². The van der Waals surface area contributed by atoms with E-state index in [1.54, 1.807) is 0 Å². The van der Waals surface area contributed by atoms with Gasteiger partial charge < -0.3 is 24.1 Å². The smallest absolute Gasteiger partial charge is 0.342 e. The molecule has 0 amide bonds. The van der Waals surface area contributed by atoms with Gasteiger partial charge in [-0.2, -0.15) is 5.10 Å². The van der Waals surface area contributed by atoms with Gasteiger partial charge in [0.25, 0.3) is 0 Å². The van der Waals surface area contributed by atoms with Gasteiger partial charge in [-0.1, -0.05) is 48.6 Å². The average Bonchev–Trinajstić information content (AvgIpc) is 3.30. The van der Waals surface area contributed by atoms with Crippen LogP contribution in [0.15, 0.2) is 23.3 Å². The molecule has 2 saturated heterocycles. The molecular formula is C34H45IN2O7. The molecule has 2 bridgehead atoms. The first-order chi connectivity index (χ1) is 20.6. The Morgan fingerprint density at radius 2 is 1.89 bits per heavy atom. The van der Waals surface area contributed by atoms with Crippen molar-refractivity contribution in [3.05, 3.63) is 40.2 Å². The molecule has 0 aromatic carbocycles. The van der Waals surface area contributed by atoms with Crippen LogP contribution in [0.25, 0.3) is 0 Å². The minimum Gasteiger partial charge on any atom is -0.451 e. The van der Waals surface area contributed by atoms with Crippen LogP contribution in [-0.4, -0.2) is 74.0 Å². The number of halogens is 1. The first kappa shape index (κ1) is 31.0. The lowest BCUT2D eigenvalue weighted by molar-refractivity contribution is -0.299. The molecule has 4 fully saturated rings. The standard InChI is InChI=1S/C34H45IN2O7/c1-17-14-33-24(35)13-23-26(31(23,4)5)22(27(33)38)12-21-16-42-32(6,7)44-29(21)34(33,40)28(17)43-30(39)25-18(2)36-37(19(25)3)15-20-8-10-41-11-9-20/h12,14,20,22-24,26,28-29,40H,8-11,13,15-16H2,1-7H3/t22?,23?,24-,26+,28+,29?,33+,34-/m1/s1. The molecule has 3 unspecified atom stereocenters. The molecule has 7 rings (SSSR count). The fourth-order valence-electron chi connectivity index (χ4n) is 9.37. The Morgan fingerprint density at radius 1 is 1.18 bits per heavy atom. The molecular weight excluding hydrogens is 675 g/mol. The van der Waals surface area contributed by atoms with Gasteiger partial charge in [-0.3, -0.25) is 9.48 Å². The number of carbonyl (C=O) groups excluding carboxylic acids is 2. The summed E-state index contributed by atoms with van der Waals surface area (Å²) in [5, 5.41) is 18.0. The molecule has 0 radical (unpaired) electrons. The van der Waals surface area contributed by atoms with Gasteiger partial charge in [-0.25, -0.2) is 4.79 Å². The maximum Gasteiger partial charge on any atom is 0.342 e. The van der Waals surface area contributed by atoms with Crippen molar-refractivity contribution < 1.29 is 33.6 Å². The van der Waals surface area contributed by atoms with Crippen LogP contribution in [-0.2, 0) is 30.3 Å². The van der Waals surface area contributed by atoms with Crippen LogP contribution >= 0.6 is 22.6 Å². The lowest BCUT2D eigenvalue weighted by Gasteiger charge is -2.52. The van der Waals surface area contributed by atoms with Gasteiger partial charge in [0.05, 0.1) is 23.4 Å². The highest BCUT2D eigenvalue weighted by Crippen LogP contribution is 2.72. The van der Waals surface area contributed by atoms with E-state index in [2.05, 4.69) is 36.4 Å². The van der Waals surface area contributed by atoms with Gasteiger partial charge in [0.1, 0.15) is 11.7 Å². The third-order valence-corrected chi connectivity index (χ3v) is 13.3. The maximum absolute atomic E-state index is 14.9. The summed E-state index contributed by atoms with van der Waals surface area (Å²) in [7, 11) is 0. The van der Waals surface area contributed by atoms with E-state index in [1.807, 2.05) is 51.5 Å². The Kier molecular flexibility index (Phi) is 7.19. The number of nitrogens with zero attached hydrogens (tertiary/aromatic N) is 2. The number of alkyl halides is 1. The van der Waals surface area contributed by atoms with Crippen LogP contribution in [0.4, 0.5) is 0 Å². The molecule has 3 heterocycles. The van der Waals surface area contributed by atoms with Gasteiger partial charge in [0, 0.05) is 29.6 Å². The fourth-order valence-corrected chi connectivity index (χ4v) is 10.9. The predicted molar refractivity (Wildman–Crippen MR) is 170 cm³/mol. The lowest BCUT2D eigenvalue weighted by atomic mass is 9.63. The normalized spacial score (nSPS) is 40.5. The summed E-state index contributed by atoms with van der Waals surface area (Å²) in [5.41, 5.74) is 0.0478. The van der Waals surface area contributed by atoms with E-state index in [-0.39, 0.29) is 33.6 Å². The Morgan fingerprint density at radius 3 is 2.59 bits per heavy atom. The van der Waals surface area contributed by atoms with Crippen LogP contribution in [0.2, 0.25) is 0 Å². The zero-order valence-electron chi connectivity index (χ0n) is 26.8. The van der Waals surface area contributed by atoms with Crippen molar-refractivity contribution in [1.82, 2.24) is 9.78 Å². The predicted octanol–water partition coefficient (Wildman–Crippen LogP) is 4.89. The van der Waals surface area contributed by atoms with Gasteiger partial charge in [0.2, 0.25) is 0 Å². The Hall–Kier alpha value is -1.60. The third-order valence-electron chi connectivity index (χ3n) is 11.8. The van der Waals surface area contributed by atoms with Crippen molar-refractivity contribution in [2.45, 2.75) is 102 Å². The first-order valence-electron chi connectivity index (χ1n) is 16.1. The highest BCUT2D eigenvalue weighted by atomic mass is 127. The van der Waals surface area contributed by atoms with E-state index >= 15 is 0 Å². The molecule has 1 spiro atoms. The van der Waals surface area contributed by atoms with Gasteiger partial charge in [0.15, 0.2) is 23.3 Å². The van der Waals surface area contributed by atoms with E-state index in [9.17, 15) is 14.7 Å². The Balaban J connectivity index is 1.29. The SMILES string of the molecule is CC1=C[C@]23C(=O)C(C=C4COC(C)(C)OC4[C@]2(O)[C@H]1OC(=O)c1c(C)nn(CC2CCOCC2)c1C)[C@H]1C(C[C@H]3I)C1(C)C. The zero-order valence-corrected chi connectivity index (χ0v) is 29.0. The minimum absolute atomic E-state index is 0.00433. The number of ketones is 1. The summed E-state index contributed by atoms with van der Waals surface area (Å²) < 4.78 is 26.2. The molecule has 2 aliphatic heterocycles. The number of hydrogen-bond acceptors (Lipinski definition) is 8. The molecule has 10 heteroatoms. The summed E-state index contributed by atoms with van der Waals surface area (Å²) in [4.78, 5) is 29.1. The van der Waals surface area contributed by atoms with Crippen molar-refractivity contribution in [3.8, 4) is 0 Å². The Bertz CT molecular complexity index is 1470. The number of ether oxygens (including phenoxy) is 4. The number of esters is 1. The van der Waals surface area contributed by atoms with Gasteiger partial charge >= 0.3 is 5.97 Å². The number of fused-ring (bicyclic) bond motifs is 5. The number of aliphatic hydroxyl groups is 1. The summed E-state index contributed by atoms with van der Waals surface area (Å²) in [6, 6.07) is 0. The molecule has 1 aromatic rings. The summed E-state index contributed by atoms with van der Waals surface area (Å²) in [6.45, 7) is 16.1. The van der Waals surface area contributed by atoms with Crippen molar-refractivity contribution >= 4 is 34.3 Å². The summed E-state index contributed by atoms with van der Waals surface area (Å²) >= 11 is 2.38. The second kappa shape index (κ2) is 10.2. The number of carbonyl (C=O) groups is 2. The molecule has 4 aliphatic carbocycles. The molecule has 8 atom stereocenters. The molecule has 1 aromatic heterocycles. The van der Waals surface area contributed by atoms with Crippen molar-refractivity contribution in [2.75, 3.05) is 19.8 Å². The zero-order chi connectivity index (χ0) is 31.6.